The number of rotatable bonds is 5. The Hall–Kier alpha value is -0.970. The molecule has 0 unspecified atom stereocenters. The molecule has 0 aromatic rings. The summed E-state index contributed by atoms with van der Waals surface area (Å²) in [5, 5.41) is 2.69. The summed E-state index contributed by atoms with van der Waals surface area (Å²) < 4.78 is 38.9. The van der Waals surface area contributed by atoms with E-state index in [1.54, 1.807) is 42.1 Å². The average Bonchev–Trinajstić information content (AvgIpc) is 2.52. The van der Waals surface area contributed by atoms with Gasteiger partial charge in [-0.05, 0) is 20.8 Å². The number of amides is 1. The highest BCUT2D eigenvalue weighted by Gasteiger charge is 2.52. The van der Waals surface area contributed by atoms with E-state index in [-0.39, 0.29) is 12.9 Å². The van der Waals surface area contributed by atoms with Crippen LogP contribution in [-0.2, 0) is 33.2 Å². The summed E-state index contributed by atoms with van der Waals surface area (Å²) in [4.78, 5) is 12.1. The van der Waals surface area contributed by atoms with Crippen LogP contribution in [0.2, 0.25) is 0 Å². The molecule has 2 aliphatic rings. The van der Waals surface area contributed by atoms with Gasteiger partial charge in [-0.15, -0.1) is 0 Å². The molecule has 2 heterocycles. The molecule has 9 heteroatoms. The van der Waals surface area contributed by atoms with Crippen LogP contribution in [0.25, 0.3) is 0 Å². The molecule has 146 valence electrons. The van der Waals surface area contributed by atoms with E-state index in [0.29, 0.717) is 6.61 Å². The fourth-order valence-electron chi connectivity index (χ4n) is 3.06. The quantitative estimate of drug-likeness (QED) is 0.761. The van der Waals surface area contributed by atoms with Crippen LogP contribution in [0.15, 0.2) is 0 Å². The second-order valence-corrected chi connectivity index (χ2v) is 6.98. The minimum Gasteiger partial charge on any atom is -0.444 e. The zero-order valence-corrected chi connectivity index (χ0v) is 15.6. The van der Waals surface area contributed by atoms with Crippen LogP contribution in [0.3, 0.4) is 0 Å². The van der Waals surface area contributed by atoms with Crippen molar-refractivity contribution in [1.82, 2.24) is 5.32 Å². The van der Waals surface area contributed by atoms with Crippen molar-refractivity contribution in [2.45, 2.75) is 63.1 Å². The Morgan fingerprint density at radius 3 is 2.32 bits per heavy atom. The summed E-state index contributed by atoms with van der Waals surface area (Å²) in [6, 6.07) is 0. The van der Waals surface area contributed by atoms with Gasteiger partial charge in [0.1, 0.15) is 42.9 Å². The maximum atomic E-state index is 12.1. The van der Waals surface area contributed by atoms with E-state index in [1.165, 1.54) is 0 Å². The smallest absolute Gasteiger partial charge is 0.409 e. The topological polar surface area (TPSA) is 93.7 Å². The number of methoxy groups -OCH3 is 3. The van der Waals surface area contributed by atoms with Crippen LogP contribution >= 0.6 is 0 Å². The van der Waals surface area contributed by atoms with E-state index < -0.39 is 42.3 Å². The summed E-state index contributed by atoms with van der Waals surface area (Å²) in [6.07, 6.45) is -3.53. The predicted molar refractivity (Wildman–Crippen MR) is 86.1 cm³/mol. The lowest BCUT2D eigenvalue weighted by Gasteiger charge is -2.49. The lowest BCUT2D eigenvalue weighted by Crippen LogP contribution is -2.68. The fourth-order valence-corrected chi connectivity index (χ4v) is 3.06. The van der Waals surface area contributed by atoms with Gasteiger partial charge in [0, 0.05) is 21.3 Å². The fraction of sp³-hybridized carbons (Fsp3) is 0.938. The third-order valence-electron chi connectivity index (χ3n) is 4.01. The molecular formula is C16H29NO8. The monoisotopic (exact) mass is 363 g/mol. The Morgan fingerprint density at radius 1 is 1.08 bits per heavy atom. The molecule has 0 aliphatic carbocycles. The van der Waals surface area contributed by atoms with Gasteiger partial charge in [0.25, 0.3) is 0 Å². The summed E-state index contributed by atoms with van der Waals surface area (Å²) in [6.45, 7) is 5.67. The lowest BCUT2D eigenvalue weighted by molar-refractivity contribution is -0.327. The number of hydrogen-bond acceptors (Lipinski definition) is 8. The van der Waals surface area contributed by atoms with Crippen molar-refractivity contribution in [1.29, 1.82) is 0 Å². The predicted octanol–water partition coefficient (Wildman–Crippen LogP) is 0.654. The number of fused-ring (bicyclic) bond motifs is 1. The zero-order chi connectivity index (χ0) is 18.6. The molecular weight excluding hydrogens is 334 g/mol. The Morgan fingerprint density at radius 2 is 1.76 bits per heavy atom. The molecule has 0 spiro atoms. The highest BCUT2D eigenvalue weighted by molar-refractivity contribution is 5.68. The van der Waals surface area contributed by atoms with Crippen molar-refractivity contribution in [2.75, 3.05) is 34.7 Å². The number of alkyl carbamates (subject to hydrolysis) is 1. The van der Waals surface area contributed by atoms with Crippen molar-refractivity contribution in [3.63, 3.8) is 0 Å². The minimum atomic E-state index is -0.733. The van der Waals surface area contributed by atoms with E-state index in [4.69, 9.17) is 33.2 Å². The maximum Gasteiger partial charge on any atom is 0.409 e. The van der Waals surface area contributed by atoms with Gasteiger partial charge in [-0.25, -0.2) is 4.79 Å². The third kappa shape index (κ3) is 5.02. The number of hydrogen-bond donors (Lipinski definition) is 1. The van der Waals surface area contributed by atoms with Gasteiger partial charge in [0.2, 0.25) is 0 Å². The zero-order valence-electron chi connectivity index (χ0n) is 15.6. The van der Waals surface area contributed by atoms with Crippen molar-refractivity contribution < 1.29 is 38.0 Å². The molecule has 25 heavy (non-hydrogen) atoms. The van der Waals surface area contributed by atoms with Gasteiger partial charge in [-0.2, -0.15) is 0 Å². The molecule has 0 aromatic heterocycles. The average molecular weight is 363 g/mol. The van der Waals surface area contributed by atoms with Crippen molar-refractivity contribution in [3.05, 3.63) is 0 Å². The second kappa shape index (κ2) is 8.61. The van der Waals surface area contributed by atoms with Gasteiger partial charge in [-0.3, -0.25) is 5.32 Å². The molecule has 2 rings (SSSR count). The normalized spacial score (nSPS) is 35.8. The second-order valence-electron chi connectivity index (χ2n) is 6.98. The van der Waals surface area contributed by atoms with Crippen LogP contribution in [0.4, 0.5) is 4.79 Å². The van der Waals surface area contributed by atoms with E-state index in [2.05, 4.69) is 5.32 Å². The standard InChI is InChI=1S/C16H29NO8/c1-16(2,3)25-15(18)17-14-13-12(22-8-23-14)11(21-6)10(20-5)9(24-13)7-19-4/h9-14H,7-8H2,1-6H3,(H,17,18)/t9-,10-,11+,12-,13+,14-/m1/s1. The van der Waals surface area contributed by atoms with Crippen molar-refractivity contribution in [3.8, 4) is 0 Å². The van der Waals surface area contributed by atoms with E-state index in [0.717, 1.165) is 0 Å². The van der Waals surface area contributed by atoms with Crippen LogP contribution in [0, 0.1) is 0 Å². The van der Waals surface area contributed by atoms with Gasteiger partial charge in [0.05, 0.1) is 6.61 Å². The number of carbonyl (C=O) groups is 1. The SMILES string of the molecule is COC[C@H]1O[C@H]2[C@H](OCO[C@H]2NC(=O)OC(C)(C)C)[C@@H](OC)[C@@H]1OC. The van der Waals surface area contributed by atoms with Crippen molar-refractivity contribution >= 4 is 6.09 Å². The highest BCUT2D eigenvalue weighted by Crippen LogP contribution is 2.32. The first-order valence-corrected chi connectivity index (χ1v) is 8.23. The number of nitrogens with one attached hydrogen (secondary N) is 1. The summed E-state index contributed by atoms with van der Waals surface area (Å²) in [5.41, 5.74) is -0.614. The Balaban J connectivity index is 2.13. The highest BCUT2D eigenvalue weighted by atomic mass is 16.7. The van der Waals surface area contributed by atoms with Crippen LogP contribution < -0.4 is 5.32 Å². The molecule has 6 atom stereocenters. The molecule has 1 amide bonds. The van der Waals surface area contributed by atoms with Gasteiger partial charge in [0.15, 0.2) is 6.23 Å². The minimum absolute atomic E-state index is 0.00374. The summed E-state index contributed by atoms with van der Waals surface area (Å²) >= 11 is 0. The number of ether oxygens (including phenoxy) is 7. The largest absolute Gasteiger partial charge is 0.444 e. The van der Waals surface area contributed by atoms with Gasteiger partial charge >= 0.3 is 6.09 Å². The molecule has 2 aliphatic heterocycles. The molecule has 1 N–H and O–H groups in total. The van der Waals surface area contributed by atoms with Crippen LogP contribution in [0.5, 0.6) is 0 Å². The first-order valence-electron chi connectivity index (χ1n) is 8.23. The van der Waals surface area contributed by atoms with E-state index in [9.17, 15) is 4.79 Å². The molecule has 9 nitrogen and oxygen atoms in total. The lowest BCUT2D eigenvalue weighted by atomic mass is 9.93. The van der Waals surface area contributed by atoms with Crippen LogP contribution in [0.1, 0.15) is 20.8 Å². The Bertz CT molecular complexity index is 440. The first-order chi connectivity index (χ1) is 11.8. The molecule has 0 bridgehead atoms. The van der Waals surface area contributed by atoms with Crippen LogP contribution in [-0.4, -0.2) is 83.2 Å². The maximum absolute atomic E-state index is 12.1. The van der Waals surface area contributed by atoms with Crippen molar-refractivity contribution in [2.24, 2.45) is 0 Å². The Labute approximate surface area is 148 Å². The Kier molecular flexibility index (Phi) is 7.01. The molecule has 2 fully saturated rings. The number of carbonyl (C=O) groups excluding carboxylic acids is 1. The molecule has 0 aromatic carbocycles. The van der Waals surface area contributed by atoms with E-state index in [1.807, 2.05) is 0 Å². The first kappa shape index (κ1) is 20.3. The van der Waals surface area contributed by atoms with Gasteiger partial charge in [-0.1, -0.05) is 0 Å². The summed E-state index contributed by atoms with van der Waals surface area (Å²) in [7, 11) is 4.74. The molecule has 2 saturated heterocycles. The van der Waals surface area contributed by atoms with E-state index >= 15 is 0 Å². The molecule has 0 radical (unpaired) electrons. The van der Waals surface area contributed by atoms with Gasteiger partial charge < -0.3 is 33.2 Å². The summed E-state index contributed by atoms with van der Waals surface area (Å²) in [5.74, 6) is 0. The third-order valence-corrected chi connectivity index (χ3v) is 4.01. The molecule has 0 saturated carbocycles.